The van der Waals surface area contributed by atoms with Crippen molar-refractivity contribution >= 4 is 64.1 Å². The first-order chi connectivity index (χ1) is 5.46. The Morgan fingerprint density at radius 3 is 2.50 bits per heavy atom. The number of nitrogens with zero attached hydrogens (tertiary/aromatic N) is 1. The second kappa shape index (κ2) is 2.61. The summed E-state index contributed by atoms with van der Waals surface area (Å²) in [7, 11) is 0. The summed E-state index contributed by atoms with van der Waals surface area (Å²) in [6, 6.07) is 0. The lowest BCUT2D eigenvalue weighted by molar-refractivity contribution is -0.138. The molecular weight excluding hydrogens is 264 g/mol. The highest BCUT2D eigenvalue weighted by Crippen LogP contribution is 2.57. The molecule has 1 fully saturated rings. The number of alkyl halides is 2. The molecule has 2 rings (SSSR count). The number of hydrogen-bond acceptors (Lipinski definition) is 2. The molecule has 0 aliphatic carbocycles. The predicted molar refractivity (Wildman–Crippen MR) is 51.4 cm³/mol. The van der Waals surface area contributed by atoms with Crippen LogP contribution < -0.4 is 0 Å². The van der Waals surface area contributed by atoms with E-state index in [0.29, 0.717) is 4.36 Å². The van der Waals surface area contributed by atoms with Gasteiger partial charge in [-0.1, -0.05) is 58.2 Å². The molecule has 2 nitrogen and oxygen atoms in total. The van der Waals surface area contributed by atoms with E-state index in [-0.39, 0.29) is 10.5 Å². The molecule has 0 aromatic heterocycles. The number of carbonyl (C=O) groups excluding carboxylic acids is 1. The molecule has 0 aromatic rings. The molecule has 66 valence electrons. The van der Waals surface area contributed by atoms with Crippen LogP contribution in [-0.4, -0.2) is 20.5 Å². The maximum absolute atomic E-state index is 11.2. The summed E-state index contributed by atoms with van der Waals surface area (Å²) in [4.78, 5) is 12.5. The first kappa shape index (κ1) is 9.28. The Morgan fingerprint density at radius 2 is 2.00 bits per heavy atom. The van der Waals surface area contributed by atoms with Gasteiger partial charge in [0.05, 0.1) is 0 Å². The van der Waals surface area contributed by atoms with Crippen LogP contribution in [0.1, 0.15) is 0 Å². The molecule has 0 bridgehead atoms. The van der Waals surface area contributed by atoms with Crippen molar-refractivity contribution in [2.45, 2.75) is 9.71 Å². The predicted octanol–water partition coefficient (Wildman–Crippen LogP) is 2.68. The molecule has 1 atom stereocenters. The van der Waals surface area contributed by atoms with Crippen molar-refractivity contribution < 1.29 is 4.79 Å². The first-order valence-corrected chi connectivity index (χ1v) is 5.29. The molecule has 12 heavy (non-hydrogen) atoms. The zero-order valence-corrected chi connectivity index (χ0v) is 9.19. The lowest BCUT2D eigenvalue weighted by atomic mass is 10.2. The maximum Gasteiger partial charge on any atom is 0.268 e. The normalized spacial score (nSPS) is 32.2. The van der Waals surface area contributed by atoms with E-state index in [1.807, 2.05) is 0 Å². The third kappa shape index (κ3) is 0.946. The van der Waals surface area contributed by atoms with Crippen LogP contribution in [0.4, 0.5) is 0 Å². The number of carbonyl (C=O) groups is 1. The zero-order chi connectivity index (χ0) is 9.09. The highest BCUT2D eigenvalue weighted by atomic mass is 35.5. The smallest absolute Gasteiger partial charge is 0.268 e. The Bertz CT molecular complexity index is 302. The monoisotopic (exact) mass is 263 g/mol. The largest absolute Gasteiger partial charge is 0.281 e. The molecule has 0 aromatic carbocycles. The van der Waals surface area contributed by atoms with E-state index in [9.17, 15) is 4.79 Å². The van der Waals surface area contributed by atoms with Gasteiger partial charge in [0, 0.05) is 0 Å². The third-order valence-corrected chi connectivity index (χ3v) is 4.85. The van der Waals surface area contributed by atoms with Crippen molar-refractivity contribution in [3.63, 3.8) is 0 Å². The SMILES string of the molecule is O=C1N2C(Cl)=C(Cl)S[C@H]2C1(Cl)Cl. The van der Waals surface area contributed by atoms with Crippen molar-refractivity contribution in [3.05, 3.63) is 9.52 Å². The van der Waals surface area contributed by atoms with E-state index in [0.717, 1.165) is 0 Å². The van der Waals surface area contributed by atoms with Crippen molar-refractivity contribution in [3.8, 4) is 0 Å². The average Bonchev–Trinajstić information content (AvgIpc) is 2.28. The summed E-state index contributed by atoms with van der Waals surface area (Å²) in [5.74, 6) is -0.413. The lowest BCUT2D eigenvalue weighted by Gasteiger charge is -2.43. The summed E-state index contributed by atoms with van der Waals surface area (Å²) >= 11 is 24.0. The van der Waals surface area contributed by atoms with Crippen LogP contribution >= 0.6 is 58.2 Å². The number of amides is 1. The molecule has 0 unspecified atom stereocenters. The van der Waals surface area contributed by atoms with Gasteiger partial charge in [-0.25, -0.2) is 0 Å². The van der Waals surface area contributed by atoms with Gasteiger partial charge >= 0.3 is 0 Å². The first-order valence-electron chi connectivity index (χ1n) is 2.89. The van der Waals surface area contributed by atoms with Crippen molar-refractivity contribution in [2.24, 2.45) is 0 Å². The second-order valence-corrected chi connectivity index (χ2v) is 5.77. The molecule has 0 spiro atoms. The van der Waals surface area contributed by atoms with Gasteiger partial charge in [-0.15, -0.1) is 0 Å². The molecule has 1 amide bonds. The highest BCUT2D eigenvalue weighted by molar-refractivity contribution is 8.05. The molecule has 1 saturated heterocycles. The standard InChI is InChI=1S/C5HCl4NOS/c6-1-2(7)12-4-5(8,9)3(11)10(1)4/h4H/t4-/m0/s1. The van der Waals surface area contributed by atoms with Gasteiger partial charge in [0.2, 0.25) is 4.33 Å². The fourth-order valence-corrected chi connectivity index (χ4v) is 3.33. The number of fused-ring (bicyclic) bond motifs is 1. The number of thioether (sulfide) groups is 1. The van der Waals surface area contributed by atoms with Gasteiger partial charge in [-0.2, -0.15) is 0 Å². The number of halogens is 4. The van der Waals surface area contributed by atoms with Crippen LogP contribution in [0.15, 0.2) is 9.52 Å². The quantitative estimate of drug-likeness (QED) is 0.381. The van der Waals surface area contributed by atoms with E-state index in [1.165, 1.54) is 16.7 Å². The van der Waals surface area contributed by atoms with Gasteiger partial charge in [0.25, 0.3) is 5.91 Å². The fraction of sp³-hybridized carbons (Fsp3) is 0.400. The maximum atomic E-state index is 11.2. The van der Waals surface area contributed by atoms with Crippen LogP contribution in [0, 0.1) is 0 Å². The minimum absolute atomic E-state index is 0.216. The Kier molecular flexibility index (Phi) is 2.02. The number of rotatable bonds is 0. The molecule has 0 saturated carbocycles. The van der Waals surface area contributed by atoms with Gasteiger partial charge in [0.15, 0.2) is 0 Å². The lowest BCUT2D eigenvalue weighted by Crippen LogP contribution is -2.63. The second-order valence-electron chi connectivity index (χ2n) is 2.33. The molecule has 2 aliphatic rings. The van der Waals surface area contributed by atoms with Crippen molar-refractivity contribution in [1.29, 1.82) is 0 Å². The molecule has 0 radical (unpaired) electrons. The molecule has 2 heterocycles. The fourth-order valence-electron chi connectivity index (χ4n) is 1.03. The van der Waals surface area contributed by atoms with Crippen LogP contribution in [-0.2, 0) is 4.79 Å². The highest BCUT2D eigenvalue weighted by Gasteiger charge is 2.64. The van der Waals surface area contributed by atoms with E-state index >= 15 is 0 Å². The van der Waals surface area contributed by atoms with Gasteiger partial charge in [-0.3, -0.25) is 9.69 Å². The average molecular weight is 265 g/mol. The zero-order valence-electron chi connectivity index (χ0n) is 5.35. The van der Waals surface area contributed by atoms with E-state index in [1.54, 1.807) is 0 Å². The van der Waals surface area contributed by atoms with Crippen molar-refractivity contribution in [2.75, 3.05) is 0 Å². The Balaban J connectivity index is 2.33. The summed E-state index contributed by atoms with van der Waals surface area (Å²) < 4.78 is -1.01. The van der Waals surface area contributed by atoms with Crippen LogP contribution in [0.2, 0.25) is 0 Å². The summed E-state index contributed by atoms with van der Waals surface area (Å²) in [5, 5.41) is -0.151. The Morgan fingerprint density at radius 1 is 1.42 bits per heavy atom. The Hall–Kier alpha value is 0.720. The minimum Gasteiger partial charge on any atom is -0.281 e. The van der Waals surface area contributed by atoms with Crippen LogP contribution in [0.3, 0.4) is 0 Å². The van der Waals surface area contributed by atoms with Gasteiger partial charge in [0.1, 0.15) is 14.9 Å². The molecule has 2 aliphatic heterocycles. The van der Waals surface area contributed by atoms with Crippen LogP contribution in [0.25, 0.3) is 0 Å². The van der Waals surface area contributed by atoms with E-state index < -0.39 is 10.2 Å². The Labute approximate surface area is 92.8 Å². The number of β-lactam (4-membered cyclic amide) rings is 1. The molecule has 7 heteroatoms. The van der Waals surface area contributed by atoms with E-state index in [4.69, 9.17) is 46.4 Å². The third-order valence-electron chi connectivity index (χ3n) is 1.64. The number of hydrogen-bond donors (Lipinski definition) is 0. The summed E-state index contributed by atoms with van der Waals surface area (Å²) in [6.07, 6.45) is 0. The van der Waals surface area contributed by atoms with E-state index in [2.05, 4.69) is 0 Å². The molecule has 0 N–H and O–H groups in total. The van der Waals surface area contributed by atoms with Crippen molar-refractivity contribution in [1.82, 2.24) is 4.90 Å². The van der Waals surface area contributed by atoms with Crippen LogP contribution in [0.5, 0.6) is 0 Å². The summed E-state index contributed by atoms with van der Waals surface area (Å²) in [6.45, 7) is 0. The topological polar surface area (TPSA) is 20.3 Å². The summed E-state index contributed by atoms with van der Waals surface area (Å²) in [5.41, 5.74) is 0. The minimum atomic E-state index is -1.37. The van der Waals surface area contributed by atoms with Gasteiger partial charge in [-0.05, 0) is 0 Å². The molecular formula is C5HCl4NOS. The van der Waals surface area contributed by atoms with Gasteiger partial charge < -0.3 is 0 Å².